The molecule has 0 saturated heterocycles. The lowest BCUT2D eigenvalue weighted by Gasteiger charge is -2.33. The van der Waals surface area contributed by atoms with Crippen LogP contribution in [-0.4, -0.2) is 42.7 Å². The van der Waals surface area contributed by atoms with Crippen molar-refractivity contribution in [3.8, 4) is 5.75 Å². The minimum Gasteiger partial charge on any atom is -0.496 e. The second-order valence-corrected chi connectivity index (χ2v) is 6.92. The first kappa shape index (κ1) is 21.8. The van der Waals surface area contributed by atoms with E-state index in [0.717, 1.165) is 0 Å². The fourth-order valence-corrected chi connectivity index (χ4v) is 2.71. The summed E-state index contributed by atoms with van der Waals surface area (Å²) in [5.41, 5.74) is -2.91. The van der Waals surface area contributed by atoms with E-state index in [1.54, 1.807) is 19.3 Å². The van der Waals surface area contributed by atoms with E-state index in [0.29, 0.717) is 11.3 Å². The van der Waals surface area contributed by atoms with Crippen LogP contribution in [0.25, 0.3) is 0 Å². The van der Waals surface area contributed by atoms with Crippen LogP contribution in [0.4, 0.5) is 18.9 Å². The Labute approximate surface area is 163 Å². The Morgan fingerprint density at radius 2 is 1.75 bits per heavy atom. The number of aliphatic imine (C=N–C) groups is 1. The summed E-state index contributed by atoms with van der Waals surface area (Å²) >= 11 is 0. The molecule has 28 heavy (non-hydrogen) atoms. The van der Waals surface area contributed by atoms with Crippen LogP contribution >= 0.6 is 0 Å². The average Bonchev–Trinajstić information content (AvgIpc) is 2.65. The Morgan fingerprint density at radius 1 is 1.14 bits per heavy atom. The molecule has 0 heterocycles. The minimum atomic E-state index is -4.95. The molecule has 2 aromatic rings. The van der Waals surface area contributed by atoms with Crippen LogP contribution in [0.1, 0.15) is 30.5 Å². The fraction of sp³-hybridized carbons (Fsp3) is 0.381. The van der Waals surface area contributed by atoms with Gasteiger partial charge in [0.1, 0.15) is 5.75 Å². The van der Waals surface area contributed by atoms with Gasteiger partial charge in [0, 0.05) is 24.7 Å². The molecule has 0 aromatic heterocycles. The Kier molecular flexibility index (Phi) is 6.39. The van der Waals surface area contributed by atoms with Gasteiger partial charge >= 0.3 is 6.18 Å². The van der Waals surface area contributed by atoms with Crippen LogP contribution in [0.3, 0.4) is 0 Å². The molecule has 0 fully saturated rings. The van der Waals surface area contributed by atoms with E-state index in [1.165, 1.54) is 43.5 Å². The van der Waals surface area contributed by atoms with E-state index in [-0.39, 0.29) is 22.9 Å². The minimum absolute atomic E-state index is 0.0892. The molecule has 7 heteroatoms. The van der Waals surface area contributed by atoms with Gasteiger partial charge in [-0.25, -0.2) is 4.99 Å². The number of ether oxygens (including phenoxy) is 1. The third-order valence-electron chi connectivity index (χ3n) is 4.70. The SMILES string of the molecule is COc1cc(/N=C/N(C)C(C)C)c(C)cc1C(O)(c1ccccc1)C(F)(F)F. The molecule has 152 valence electrons. The fourth-order valence-electron chi connectivity index (χ4n) is 2.71. The summed E-state index contributed by atoms with van der Waals surface area (Å²) in [5, 5.41) is 10.9. The lowest BCUT2D eigenvalue weighted by atomic mass is 9.84. The summed E-state index contributed by atoms with van der Waals surface area (Å²) < 4.78 is 47.3. The van der Waals surface area contributed by atoms with Gasteiger partial charge in [-0.15, -0.1) is 0 Å². The number of hydrogen-bond donors (Lipinski definition) is 1. The van der Waals surface area contributed by atoms with Gasteiger partial charge in [0.2, 0.25) is 5.60 Å². The molecule has 2 aromatic carbocycles. The summed E-state index contributed by atoms with van der Waals surface area (Å²) in [7, 11) is 3.12. The van der Waals surface area contributed by atoms with Crippen molar-refractivity contribution < 1.29 is 23.0 Å². The average molecular weight is 394 g/mol. The number of methoxy groups -OCH3 is 1. The van der Waals surface area contributed by atoms with Gasteiger partial charge in [-0.2, -0.15) is 13.2 Å². The summed E-state index contributed by atoms with van der Waals surface area (Å²) in [6, 6.07) is 9.89. The number of aryl methyl sites for hydroxylation is 1. The molecule has 1 N–H and O–H groups in total. The Bertz CT molecular complexity index is 836. The van der Waals surface area contributed by atoms with Crippen molar-refractivity contribution in [2.45, 2.75) is 38.6 Å². The maximum Gasteiger partial charge on any atom is 0.425 e. The van der Waals surface area contributed by atoms with Gasteiger partial charge in [0.05, 0.1) is 19.1 Å². The standard InChI is InChI=1S/C21H25F3N2O2/c1-14(2)26(4)13-25-18-12-19(28-5)17(11-15(18)3)20(27,21(22,23)24)16-9-7-6-8-10-16/h6-14,27H,1-5H3/b25-13+. The predicted molar refractivity (Wildman–Crippen MR) is 104 cm³/mol. The Morgan fingerprint density at radius 3 is 2.25 bits per heavy atom. The van der Waals surface area contributed by atoms with Crippen molar-refractivity contribution in [2.75, 3.05) is 14.2 Å². The van der Waals surface area contributed by atoms with Crippen molar-refractivity contribution in [1.29, 1.82) is 0 Å². The van der Waals surface area contributed by atoms with Gasteiger partial charge in [-0.1, -0.05) is 30.3 Å². The summed E-state index contributed by atoms with van der Waals surface area (Å²) in [5.74, 6) is -0.0892. The third-order valence-corrected chi connectivity index (χ3v) is 4.70. The molecule has 2 rings (SSSR count). The molecular formula is C21H25F3N2O2. The van der Waals surface area contributed by atoms with Crippen LogP contribution in [0.15, 0.2) is 47.5 Å². The van der Waals surface area contributed by atoms with Crippen molar-refractivity contribution in [1.82, 2.24) is 4.90 Å². The number of halogens is 3. The highest BCUT2D eigenvalue weighted by atomic mass is 19.4. The van der Waals surface area contributed by atoms with Crippen molar-refractivity contribution in [2.24, 2.45) is 4.99 Å². The van der Waals surface area contributed by atoms with E-state index in [1.807, 2.05) is 25.8 Å². The molecule has 0 saturated carbocycles. The number of alkyl halides is 3. The number of rotatable bonds is 6. The lowest BCUT2D eigenvalue weighted by Crippen LogP contribution is -2.43. The number of hydrogen-bond acceptors (Lipinski definition) is 3. The predicted octanol–water partition coefficient (Wildman–Crippen LogP) is 4.80. The van der Waals surface area contributed by atoms with Gasteiger partial charge in [-0.05, 0) is 38.0 Å². The quantitative estimate of drug-likeness (QED) is 0.565. The van der Waals surface area contributed by atoms with Gasteiger partial charge in [-0.3, -0.25) is 0 Å². The molecule has 0 aliphatic carbocycles. The van der Waals surface area contributed by atoms with Gasteiger partial charge in [0.25, 0.3) is 0 Å². The second-order valence-electron chi connectivity index (χ2n) is 6.92. The number of benzene rings is 2. The van der Waals surface area contributed by atoms with Crippen LogP contribution in [0.5, 0.6) is 5.75 Å². The third kappa shape index (κ3) is 4.14. The normalized spacial score (nSPS) is 14.4. The molecule has 1 unspecified atom stereocenters. The highest BCUT2D eigenvalue weighted by Crippen LogP contribution is 2.48. The topological polar surface area (TPSA) is 45.1 Å². The molecule has 1 atom stereocenters. The molecule has 0 radical (unpaired) electrons. The van der Waals surface area contributed by atoms with E-state index in [4.69, 9.17) is 4.74 Å². The van der Waals surface area contributed by atoms with Gasteiger partial charge in [0.15, 0.2) is 0 Å². The zero-order valence-electron chi connectivity index (χ0n) is 16.6. The summed E-state index contributed by atoms with van der Waals surface area (Å²) in [4.78, 5) is 6.22. The number of nitrogens with zero attached hydrogens (tertiary/aromatic N) is 2. The van der Waals surface area contributed by atoms with Crippen LogP contribution in [0.2, 0.25) is 0 Å². The largest absolute Gasteiger partial charge is 0.496 e. The van der Waals surface area contributed by atoms with Gasteiger partial charge < -0.3 is 14.7 Å². The molecule has 0 aliphatic rings. The molecule has 0 amide bonds. The van der Waals surface area contributed by atoms with E-state index in [9.17, 15) is 18.3 Å². The molecule has 4 nitrogen and oxygen atoms in total. The van der Waals surface area contributed by atoms with Crippen LogP contribution in [0, 0.1) is 6.92 Å². The smallest absolute Gasteiger partial charge is 0.425 e. The van der Waals surface area contributed by atoms with Crippen molar-refractivity contribution in [3.63, 3.8) is 0 Å². The van der Waals surface area contributed by atoms with Crippen molar-refractivity contribution in [3.05, 3.63) is 59.2 Å². The molecule has 0 aliphatic heterocycles. The zero-order chi connectivity index (χ0) is 21.1. The second kappa shape index (κ2) is 8.22. The summed E-state index contributed by atoms with van der Waals surface area (Å²) in [6.07, 6.45) is -3.34. The number of aliphatic hydroxyl groups is 1. The molecular weight excluding hydrogens is 369 g/mol. The lowest BCUT2D eigenvalue weighted by molar-refractivity contribution is -0.248. The van der Waals surface area contributed by atoms with E-state index < -0.39 is 11.8 Å². The first-order chi connectivity index (χ1) is 13.0. The first-order valence-electron chi connectivity index (χ1n) is 8.82. The highest BCUT2D eigenvalue weighted by Gasteiger charge is 2.57. The maximum absolute atomic E-state index is 14.0. The summed E-state index contributed by atoms with van der Waals surface area (Å²) in [6.45, 7) is 5.63. The highest BCUT2D eigenvalue weighted by molar-refractivity contribution is 5.66. The zero-order valence-corrected chi connectivity index (χ0v) is 16.6. The van der Waals surface area contributed by atoms with Crippen LogP contribution in [-0.2, 0) is 5.60 Å². The van der Waals surface area contributed by atoms with E-state index >= 15 is 0 Å². The molecule has 0 bridgehead atoms. The molecule has 0 spiro atoms. The van der Waals surface area contributed by atoms with Crippen LogP contribution < -0.4 is 4.74 Å². The Hall–Kier alpha value is -2.54. The monoisotopic (exact) mass is 394 g/mol. The maximum atomic E-state index is 14.0. The Balaban J connectivity index is 2.65. The van der Waals surface area contributed by atoms with Crippen molar-refractivity contribution >= 4 is 12.0 Å². The van der Waals surface area contributed by atoms with E-state index in [2.05, 4.69) is 4.99 Å². The first-order valence-corrected chi connectivity index (χ1v) is 8.82.